The van der Waals surface area contributed by atoms with Crippen LogP contribution in [0.5, 0.6) is 5.75 Å². The monoisotopic (exact) mass is 409 g/mol. The summed E-state index contributed by atoms with van der Waals surface area (Å²) in [5.41, 5.74) is 3.60. The molecule has 0 aliphatic rings. The fourth-order valence-electron chi connectivity index (χ4n) is 1.45. The first-order valence-electron chi connectivity index (χ1n) is 5.71. The van der Waals surface area contributed by atoms with Gasteiger partial charge in [0.25, 0.3) is 11.7 Å². The van der Waals surface area contributed by atoms with E-state index in [0.717, 1.165) is 4.47 Å². The molecule has 4 nitrogen and oxygen atoms in total. The minimum atomic E-state index is -0.279. The van der Waals surface area contributed by atoms with Gasteiger partial charge in [0.15, 0.2) is 0 Å². The van der Waals surface area contributed by atoms with Gasteiger partial charge in [-0.2, -0.15) is 5.10 Å². The van der Waals surface area contributed by atoms with Gasteiger partial charge < -0.3 is 5.11 Å². The van der Waals surface area contributed by atoms with Gasteiger partial charge in [0.05, 0.1) is 11.8 Å². The molecule has 0 unspecified atom stereocenters. The zero-order valence-corrected chi connectivity index (χ0v) is 14.2. The molecule has 0 spiro atoms. The molecule has 2 aromatic rings. The number of hydrogen-bond acceptors (Lipinski definition) is 2. The van der Waals surface area contributed by atoms with Crippen molar-refractivity contribution in [1.82, 2.24) is 5.43 Å². The minimum absolute atomic E-state index is 0.279. The van der Waals surface area contributed by atoms with Crippen molar-refractivity contribution in [3.63, 3.8) is 0 Å². The Morgan fingerprint density at radius 3 is 2.57 bits per heavy atom. The van der Waals surface area contributed by atoms with E-state index in [1.54, 1.807) is 42.5 Å². The van der Waals surface area contributed by atoms with Gasteiger partial charge in [-0.3, -0.25) is 4.79 Å². The zero-order chi connectivity index (χ0) is 15.7. The van der Waals surface area contributed by atoms with Gasteiger partial charge in [0.1, 0.15) is 0 Å². The number of halogens is 2. The maximum absolute atomic E-state index is 11.7. The molecule has 2 aromatic carbocycles. The number of rotatable bonds is 3. The van der Waals surface area contributed by atoms with Crippen LogP contribution >= 0.6 is 26.0 Å². The van der Waals surface area contributed by atoms with Crippen molar-refractivity contribution >= 4 is 38.1 Å². The van der Waals surface area contributed by atoms with Crippen molar-refractivity contribution in [1.29, 1.82) is 0 Å². The van der Waals surface area contributed by atoms with Crippen molar-refractivity contribution in [2.24, 2.45) is 5.10 Å². The van der Waals surface area contributed by atoms with Crippen LogP contribution in [0.2, 0.25) is 0 Å². The van der Waals surface area contributed by atoms with E-state index < -0.39 is 0 Å². The average Bonchev–Trinajstić information content (AvgIpc) is 2.53. The molecule has 7 heteroatoms. The third-order valence-electron chi connectivity index (χ3n) is 2.42. The number of carbonyl (C=O) groups excluding carboxylic acids is 1. The number of hydrogen-bond donors (Lipinski definition) is 1. The summed E-state index contributed by atoms with van der Waals surface area (Å²) < 4.78 is 0.860. The Morgan fingerprint density at radius 2 is 1.90 bits per heavy atom. The summed E-state index contributed by atoms with van der Waals surface area (Å²) in [4.78, 5) is 11.7. The second-order valence-electron chi connectivity index (χ2n) is 3.80. The van der Waals surface area contributed by atoms with Crippen LogP contribution in [-0.2, 0) is 15.1 Å². The molecule has 0 fully saturated rings. The molecule has 0 aromatic heterocycles. The van der Waals surface area contributed by atoms with Crippen molar-refractivity contribution in [3.8, 4) is 5.75 Å². The van der Waals surface area contributed by atoms with E-state index in [9.17, 15) is 4.79 Å². The number of nitrogens with one attached hydrogen (secondary N) is 1. The molecular weight excluding hydrogens is 398 g/mol. The van der Waals surface area contributed by atoms with Crippen LogP contribution in [0.4, 0.5) is 0 Å². The summed E-state index contributed by atoms with van der Waals surface area (Å²) in [6.07, 6.45) is 1.45. The zero-order valence-electron chi connectivity index (χ0n) is 10.7. The van der Waals surface area contributed by atoms with Crippen LogP contribution in [0.3, 0.4) is 0 Å². The summed E-state index contributed by atoms with van der Waals surface area (Å²) in [6, 6.07) is 14.0. The van der Waals surface area contributed by atoms with E-state index in [4.69, 9.17) is 5.11 Å². The van der Waals surface area contributed by atoms with Crippen molar-refractivity contribution in [3.05, 3.63) is 64.1 Å². The normalized spacial score (nSPS) is 9.81. The first-order chi connectivity index (χ1) is 10.2. The Labute approximate surface area is 143 Å². The van der Waals surface area contributed by atoms with Crippen LogP contribution in [0.15, 0.2) is 58.1 Å². The van der Waals surface area contributed by atoms with Crippen LogP contribution in [-0.4, -0.2) is 17.2 Å². The topological polar surface area (TPSA) is 64.4 Å². The molecular formula is C14H12BrClMnN2O2+2. The number of hydrazone groups is 1. The molecule has 21 heavy (non-hydrogen) atoms. The summed E-state index contributed by atoms with van der Waals surface area (Å²) in [5, 5.41) is 11.5. The predicted octanol–water partition coefficient (Wildman–Crippen LogP) is 3.34. The Bertz CT molecular complexity index is 624. The van der Waals surface area contributed by atoms with Gasteiger partial charge in [0, 0.05) is 16.1 Å². The third-order valence-corrected chi connectivity index (χ3v) is 2.91. The quantitative estimate of drug-likeness (QED) is 0.359. The summed E-state index contributed by atoms with van der Waals surface area (Å²) in [7, 11) is 4.45. The standard InChI is InChI=1S/C14H11BrN2O2.ClH.Mn/c15-12-6-7-13(18)11(8-12)9-16-17-14(19)10-4-2-1-3-5-10;;/h1-9,18H,(H,17,19);1H;/q;;+2. The molecule has 1 amide bonds. The third kappa shape index (κ3) is 5.89. The molecule has 2 rings (SSSR count). The number of carbonyl (C=O) groups is 1. The number of benzene rings is 2. The fourth-order valence-corrected chi connectivity index (χ4v) is 1.83. The van der Waals surface area contributed by atoms with Gasteiger partial charge >= 0.3 is 25.2 Å². The van der Waals surface area contributed by atoms with Gasteiger partial charge in [-0.05, 0) is 24.3 Å². The SMILES string of the molecule is O=C(NN=Cc1cc(Br)ccc1[OH2+])c1ccccc1.[Cl][Mn+]. The molecule has 109 valence electrons. The van der Waals surface area contributed by atoms with Gasteiger partial charge in [0.2, 0.25) is 0 Å². The summed E-state index contributed by atoms with van der Waals surface area (Å²) in [5.74, 6) is 0.0688. The van der Waals surface area contributed by atoms with E-state index >= 15 is 0 Å². The van der Waals surface area contributed by atoms with Crippen LogP contribution in [0.1, 0.15) is 15.9 Å². The van der Waals surface area contributed by atoms with Crippen LogP contribution < -0.4 is 5.43 Å². The Balaban J connectivity index is 0.00000106. The van der Waals surface area contributed by atoms with E-state index in [0.29, 0.717) is 16.9 Å². The Morgan fingerprint density at radius 1 is 1.24 bits per heavy atom. The molecule has 3 N–H and O–H groups in total. The molecule has 0 saturated heterocycles. The fraction of sp³-hybridized carbons (Fsp3) is 0. The second-order valence-corrected chi connectivity index (χ2v) is 4.71. The Kier molecular flexibility index (Phi) is 8.08. The van der Waals surface area contributed by atoms with Gasteiger partial charge in [-0.25, -0.2) is 5.43 Å². The van der Waals surface area contributed by atoms with Crippen molar-refractivity contribution in [2.75, 3.05) is 0 Å². The average molecular weight is 411 g/mol. The molecule has 0 bridgehead atoms. The first kappa shape index (κ1) is 17.7. The molecule has 0 aliphatic carbocycles. The molecule has 0 aliphatic heterocycles. The molecule has 0 radical (unpaired) electrons. The van der Waals surface area contributed by atoms with Crippen LogP contribution in [0.25, 0.3) is 0 Å². The van der Waals surface area contributed by atoms with Gasteiger partial charge in [-0.1, -0.05) is 34.1 Å². The predicted molar refractivity (Wildman–Crippen MR) is 84.6 cm³/mol. The molecule has 0 atom stereocenters. The van der Waals surface area contributed by atoms with E-state index in [2.05, 4.69) is 51.7 Å². The summed E-state index contributed by atoms with van der Waals surface area (Å²) in [6.45, 7) is 0. The molecule has 0 saturated carbocycles. The maximum atomic E-state index is 11.7. The number of nitrogens with zero attached hydrogens (tertiary/aromatic N) is 1. The second kappa shape index (κ2) is 9.58. The number of amides is 1. The van der Waals surface area contributed by atoms with E-state index in [-0.39, 0.29) is 5.91 Å². The summed E-state index contributed by atoms with van der Waals surface area (Å²) >= 11 is 5.73. The van der Waals surface area contributed by atoms with Crippen molar-refractivity contribution in [2.45, 2.75) is 0 Å². The Hall–Kier alpha value is -1.33. The first-order valence-corrected chi connectivity index (χ1v) is 8.12. The van der Waals surface area contributed by atoms with E-state index in [1.165, 1.54) is 6.21 Å². The van der Waals surface area contributed by atoms with Crippen molar-refractivity contribution < 1.29 is 25.0 Å². The van der Waals surface area contributed by atoms with Gasteiger partial charge in [-0.15, -0.1) is 0 Å². The molecule has 0 heterocycles. The van der Waals surface area contributed by atoms with E-state index in [1.807, 2.05) is 6.07 Å². The van der Waals surface area contributed by atoms with Crippen LogP contribution in [0, 0.1) is 0 Å².